The van der Waals surface area contributed by atoms with E-state index in [4.69, 9.17) is 11.6 Å². The van der Waals surface area contributed by atoms with Gasteiger partial charge in [-0.05, 0) is 43.0 Å². The number of aromatic nitrogens is 3. The van der Waals surface area contributed by atoms with Crippen LogP contribution in [0.15, 0.2) is 46.9 Å². The van der Waals surface area contributed by atoms with Crippen LogP contribution in [0, 0.1) is 0 Å². The van der Waals surface area contributed by atoms with E-state index in [-0.39, 0.29) is 11.9 Å². The van der Waals surface area contributed by atoms with Gasteiger partial charge in [-0.15, -0.1) is 21.5 Å². The number of nitrogens with one attached hydrogen (secondary N) is 1. The van der Waals surface area contributed by atoms with Crippen molar-refractivity contribution in [1.82, 2.24) is 20.1 Å². The van der Waals surface area contributed by atoms with Crippen LogP contribution in [0.25, 0.3) is 10.7 Å². The van der Waals surface area contributed by atoms with Crippen molar-refractivity contribution >= 4 is 40.6 Å². The number of halogens is 1. The van der Waals surface area contributed by atoms with Gasteiger partial charge in [0.15, 0.2) is 11.0 Å². The minimum atomic E-state index is -0.0777. The van der Waals surface area contributed by atoms with Crippen LogP contribution in [-0.2, 0) is 11.3 Å². The molecule has 26 heavy (non-hydrogen) atoms. The van der Waals surface area contributed by atoms with Gasteiger partial charge in [0, 0.05) is 11.6 Å². The second kappa shape index (κ2) is 8.70. The predicted molar refractivity (Wildman–Crippen MR) is 108 cm³/mol. The average Bonchev–Trinajstić information content (AvgIpc) is 3.29. The maximum atomic E-state index is 12.3. The molecular formula is C18H19ClN4OS2. The minimum absolute atomic E-state index is 0.0409. The SMILES string of the molecule is CCn1c(SCC(=O)NC(C)c2ccc(Cl)cc2)nnc1-c1cccs1. The number of amides is 1. The van der Waals surface area contributed by atoms with Gasteiger partial charge in [-0.2, -0.15) is 0 Å². The molecule has 1 N–H and O–H groups in total. The van der Waals surface area contributed by atoms with E-state index in [9.17, 15) is 4.79 Å². The van der Waals surface area contributed by atoms with Crippen molar-refractivity contribution in [3.05, 3.63) is 52.4 Å². The summed E-state index contributed by atoms with van der Waals surface area (Å²) in [6.07, 6.45) is 0. The lowest BCUT2D eigenvalue weighted by molar-refractivity contribution is -0.119. The Hall–Kier alpha value is -1.83. The highest BCUT2D eigenvalue weighted by atomic mass is 35.5. The first-order chi connectivity index (χ1) is 12.6. The molecule has 0 aliphatic carbocycles. The standard InChI is InChI=1S/C18H19ClN4OS2/c1-3-23-17(15-5-4-10-25-15)21-22-18(23)26-11-16(24)20-12(2)13-6-8-14(19)9-7-13/h4-10,12H,3,11H2,1-2H3,(H,20,24). The van der Waals surface area contributed by atoms with E-state index in [0.717, 1.165) is 28.0 Å². The molecule has 0 saturated carbocycles. The summed E-state index contributed by atoms with van der Waals surface area (Å²) in [6, 6.07) is 11.4. The highest BCUT2D eigenvalue weighted by Gasteiger charge is 2.16. The van der Waals surface area contributed by atoms with E-state index in [2.05, 4.69) is 15.5 Å². The van der Waals surface area contributed by atoms with Gasteiger partial charge >= 0.3 is 0 Å². The van der Waals surface area contributed by atoms with Crippen molar-refractivity contribution < 1.29 is 4.79 Å². The molecule has 2 heterocycles. The van der Waals surface area contributed by atoms with Crippen molar-refractivity contribution in [2.45, 2.75) is 31.6 Å². The molecule has 136 valence electrons. The zero-order valence-electron chi connectivity index (χ0n) is 14.5. The fraction of sp³-hybridized carbons (Fsp3) is 0.278. The van der Waals surface area contributed by atoms with Crippen LogP contribution in [0.5, 0.6) is 0 Å². The van der Waals surface area contributed by atoms with Crippen molar-refractivity contribution in [2.75, 3.05) is 5.75 Å². The summed E-state index contributed by atoms with van der Waals surface area (Å²) in [4.78, 5) is 13.4. The molecule has 3 aromatic rings. The van der Waals surface area contributed by atoms with Gasteiger partial charge in [0.1, 0.15) is 0 Å². The van der Waals surface area contributed by atoms with Crippen molar-refractivity contribution in [3.63, 3.8) is 0 Å². The number of rotatable bonds is 7. The molecule has 0 aliphatic heterocycles. The number of nitrogens with zero attached hydrogens (tertiary/aromatic N) is 3. The van der Waals surface area contributed by atoms with Crippen LogP contribution in [0.4, 0.5) is 0 Å². The molecule has 0 fully saturated rings. The van der Waals surface area contributed by atoms with E-state index >= 15 is 0 Å². The van der Waals surface area contributed by atoms with E-state index < -0.39 is 0 Å². The molecule has 0 aliphatic rings. The van der Waals surface area contributed by atoms with E-state index in [1.165, 1.54) is 11.8 Å². The Kier molecular flexibility index (Phi) is 6.34. The number of thiophene rings is 1. The number of carbonyl (C=O) groups excluding carboxylic acids is 1. The summed E-state index contributed by atoms with van der Waals surface area (Å²) in [7, 11) is 0. The number of hydrogen-bond donors (Lipinski definition) is 1. The summed E-state index contributed by atoms with van der Waals surface area (Å²) in [5, 5.41) is 15.0. The molecule has 0 bridgehead atoms. The maximum absolute atomic E-state index is 12.3. The molecule has 1 unspecified atom stereocenters. The molecule has 0 saturated heterocycles. The van der Waals surface area contributed by atoms with Gasteiger partial charge < -0.3 is 9.88 Å². The second-order valence-electron chi connectivity index (χ2n) is 5.66. The molecular weight excluding hydrogens is 388 g/mol. The average molecular weight is 407 g/mol. The third-order valence-electron chi connectivity index (χ3n) is 3.85. The van der Waals surface area contributed by atoms with Crippen LogP contribution < -0.4 is 5.32 Å². The fourth-order valence-corrected chi connectivity index (χ4v) is 4.17. The van der Waals surface area contributed by atoms with E-state index in [1.807, 2.05) is 60.2 Å². The van der Waals surface area contributed by atoms with Crippen LogP contribution in [0.1, 0.15) is 25.5 Å². The van der Waals surface area contributed by atoms with E-state index in [0.29, 0.717) is 10.8 Å². The van der Waals surface area contributed by atoms with Gasteiger partial charge in [-0.25, -0.2) is 0 Å². The maximum Gasteiger partial charge on any atom is 0.230 e. The Morgan fingerprint density at radius 1 is 1.31 bits per heavy atom. The molecule has 1 atom stereocenters. The molecule has 2 aromatic heterocycles. The summed E-state index contributed by atoms with van der Waals surface area (Å²) in [5.74, 6) is 1.10. The van der Waals surface area contributed by atoms with Gasteiger partial charge in [0.05, 0.1) is 16.7 Å². The Balaban J connectivity index is 1.60. The topological polar surface area (TPSA) is 59.8 Å². The quantitative estimate of drug-likeness (QED) is 0.580. The summed E-state index contributed by atoms with van der Waals surface area (Å²) in [6.45, 7) is 4.76. The van der Waals surface area contributed by atoms with Crippen LogP contribution >= 0.6 is 34.7 Å². The Morgan fingerprint density at radius 3 is 2.73 bits per heavy atom. The number of hydrogen-bond acceptors (Lipinski definition) is 5. The highest BCUT2D eigenvalue weighted by molar-refractivity contribution is 7.99. The fourth-order valence-electron chi connectivity index (χ4n) is 2.52. The van der Waals surface area contributed by atoms with Crippen molar-refractivity contribution in [3.8, 4) is 10.7 Å². The number of carbonyl (C=O) groups is 1. The third-order valence-corrected chi connectivity index (χ3v) is 5.94. The Labute approximate surface area is 165 Å². The van der Waals surface area contributed by atoms with Crippen molar-refractivity contribution in [2.24, 2.45) is 0 Å². The zero-order valence-corrected chi connectivity index (χ0v) is 16.9. The lowest BCUT2D eigenvalue weighted by Gasteiger charge is -2.14. The monoisotopic (exact) mass is 406 g/mol. The minimum Gasteiger partial charge on any atom is -0.349 e. The second-order valence-corrected chi connectivity index (χ2v) is 7.98. The Bertz CT molecular complexity index is 862. The zero-order chi connectivity index (χ0) is 18.5. The first-order valence-electron chi connectivity index (χ1n) is 8.23. The van der Waals surface area contributed by atoms with E-state index in [1.54, 1.807) is 11.3 Å². The lowest BCUT2D eigenvalue weighted by Crippen LogP contribution is -2.28. The third kappa shape index (κ3) is 4.47. The molecule has 8 heteroatoms. The number of thioether (sulfide) groups is 1. The Morgan fingerprint density at radius 2 is 2.08 bits per heavy atom. The molecule has 1 amide bonds. The van der Waals surface area contributed by atoms with Gasteiger partial charge in [0.25, 0.3) is 0 Å². The van der Waals surface area contributed by atoms with Crippen LogP contribution in [-0.4, -0.2) is 26.4 Å². The molecule has 5 nitrogen and oxygen atoms in total. The summed E-state index contributed by atoms with van der Waals surface area (Å²) < 4.78 is 2.03. The first-order valence-corrected chi connectivity index (χ1v) is 10.5. The van der Waals surface area contributed by atoms with Crippen LogP contribution in [0.3, 0.4) is 0 Å². The molecule has 3 rings (SSSR count). The van der Waals surface area contributed by atoms with Gasteiger partial charge in [-0.1, -0.05) is 41.6 Å². The van der Waals surface area contributed by atoms with Gasteiger partial charge in [-0.3, -0.25) is 4.79 Å². The smallest absolute Gasteiger partial charge is 0.230 e. The van der Waals surface area contributed by atoms with Crippen LogP contribution in [0.2, 0.25) is 5.02 Å². The lowest BCUT2D eigenvalue weighted by atomic mass is 10.1. The molecule has 0 spiro atoms. The summed E-state index contributed by atoms with van der Waals surface area (Å²) >= 11 is 8.93. The largest absolute Gasteiger partial charge is 0.349 e. The number of benzene rings is 1. The highest BCUT2D eigenvalue weighted by Crippen LogP contribution is 2.27. The molecule has 0 radical (unpaired) electrons. The predicted octanol–water partition coefficient (Wildman–Crippen LogP) is 4.65. The first kappa shape index (κ1) is 18.9. The van der Waals surface area contributed by atoms with Gasteiger partial charge in [0.2, 0.25) is 5.91 Å². The molecule has 1 aromatic carbocycles. The summed E-state index contributed by atoms with van der Waals surface area (Å²) in [5.41, 5.74) is 1.02. The normalized spacial score (nSPS) is 12.1. The van der Waals surface area contributed by atoms with Crippen molar-refractivity contribution in [1.29, 1.82) is 0 Å².